The summed E-state index contributed by atoms with van der Waals surface area (Å²) in [7, 11) is 0. The van der Waals surface area contributed by atoms with Gasteiger partial charge in [-0.25, -0.2) is 9.78 Å². The normalized spacial score (nSPS) is 10.4. The Kier molecular flexibility index (Phi) is 3.06. The van der Waals surface area contributed by atoms with E-state index in [1.807, 2.05) is 6.07 Å². The Morgan fingerprint density at radius 3 is 2.76 bits per heavy atom. The first-order chi connectivity index (χ1) is 8.06. The summed E-state index contributed by atoms with van der Waals surface area (Å²) < 4.78 is 5.03. The Labute approximate surface area is 101 Å². The van der Waals surface area contributed by atoms with Crippen molar-refractivity contribution in [2.24, 2.45) is 0 Å². The molecule has 2 rings (SSSR count). The highest BCUT2D eigenvalue weighted by Crippen LogP contribution is 2.20. The summed E-state index contributed by atoms with van der Waals surface area (Å²) in [6.45, 7) is 1.50. The van der Waals surface area contributed by atoms with Crippen molar-refractivity contribution in [1.29, 1.82) is 0 Å². The van der Waals surface area contributed by atoms with Gasteiger partial charge in [-0.3, -0.25) is 4.79 Å². The zero-order valence-electron chi connectivity index (χ0n) is 8.97. The number of hydrogen-bond acceptors (Lipinski definition) is 5. The average Bonchev–Trinajstić information content (AvgIpc) is 2.87. The zero-order chi connectivity index (χ0) is 12.4. The van der Waals surface area contributed by atoms with Crippen molar-refractivity contribution in [2.45, 2.75) is 13.3 Å². The number of aromatic carboxylic acids is 1. The van der Waals surface area contributed by atoms with Crippen LogP contribution in [-0.4, -0.2) is 21.8 Å². The minimum atomic E-state index is -1.12. The Morgan fingerprint density at radius 2 is 2.24 bits per heavy atom. The molecule has 17 heavy (non-hydrogen) atoms. The molecule has 0 aliphatic carbocycles. The van der Waals surface area contributed by atoms with Crippen LogP contribution >= 0.6 is 11.3 Å². The summed E-state index contributed by atoms with van der Waals surface area (Å²) >= 11 is 1.36. The molecule has 0 fully saturated rings. The third-order valence-corrected chi connectivity index (χ3v) is 3.29. The van der Waals surface area contributed by atoms with Crippen LogP contribution in [0.15, 0.2) is 22.8 Å². The molecule has 2 heterocycles. The molecule has 1 N–H and O–H groups in total. The summed E-state index contributed by atoms with van der Waals surface area (Å²) in [5, 5.41) is 8.68. The highest BCUT2D eigenvalue weighted by atomic mass is 32.1. The predicted octanol–water partition coefficient (Wildman–Crippen LogP) is 2.23. The number of oxazole rings is 1. The average molecular weight is 251 g/mol. The van der Waals surface area contributed by atoms with E-state index < -0.39 is 5.97 Å². The SMILES string of the molecule is CC(=O)c1ccc(Cc2nc(C(=O)O)co2)s1. The first-order valence-corrected chi connectivity index (χ1v) is 5.65. The molecule has 2 aromatic rings. The Morgan fingerprint density at radius 1 is 1.47 bits per heavy atom. The van der Waals surface area contributed by atoms with Gasteiger partial charge in [0.05, 0.1) is 11.3 Å². The molecule has 6 heteroatoms. The first kappa shape index (κ1) is 11.5. The van der Waals surface area contributed by atoms with Crippen molar-refractivity contribution in [3.05, 3.63) is 39.7 Å². The zero-order valence-corrected chi connectivity index (χ0v) is 9.78. The summed E-state index contributed by atoms with van der Waals surface area (Å²) in [5.41, 5.74) is -0.108. The van der Waals surface area contributed by atoms with Crippen LogP contribution < -0.4 is 0 Å². The van der Waals surface area contributed by atoms with Crippen molar-refractivity contribution >= 4 is 23.1 Å². The number of carboxylic acids is 1. The van der Waals surface area contributed by atoms with Crippen molar-refractivity contribution in [3.8, 4) is 0 Å². The molecule has 0 saturated carbocycles. The first-order valence-electron chi connectivity index (χ1n) is 4.83. The van der Waals surface area contributed by atoms with Crippen LogP contribution in [0.1, 0.15) is 37.9 Å². The summed E-state index contributed by atoms with van der Waals surface area (Å²) in [5.74, 6) is -0.769. The number of ketones is 1. The second kappa shape index (κ2) is 4.50. The van der Waals surface area contributed by atoms with Gasteiger partial charge in [0.25, 0.3) is 0 Å². The van der Waals surface area contributed by atoms with Crippen molar-refractivity contribution in [2.75, 3.05) is 0 Å². The highest BCUT2D eigenvalue weighted by molar-refractivity contribution is 7.14. The number of hydrogen-bond donors (Lipinski definition) is 1. The molecule has 0 amide bonds. The largest absolute Gasteiger partial charge is 0.476 e. The topological polar surface area (TPSA) is 80.4 Å². The molecule has 0 saturated heterocycles. The second-order valence-electron chi connectivity index (χ2n) is 3.43. The van der Waals surface area contributed by atoms with Crippen molar-refractivity contribution in [3.63, 3.8) is 0 Å². The Hall–Kier alpha value is -1.95. The molecular formula is C11H9NO4S. The maximum absolute atomic E-state index is 11.1. The molecule has 5 nitrogen and oxygen atoms in total. The quantitative estimate of drug-likeness (QED) is 0.843. The third kappa shape index (κ3) is 2.59. The Bertz CT molecular complexity index is 519. The van der Waals surface area contributed by atoms with E-state index >= 15 is 0 Å². The van der Waals surface area contributed by atoms with Crippen LogP contribution in [0.5, 0.6) is 0 Å². The molecule has 88 valence electrons. The van der Waals surface area contributed by atoms with Gasteiger partial charge in [0.15, 0.2) is 17.4 Å². The number of carboxylic acid groups (broad SMARTS) is 1. The molecule has 0 radical (unpaired) electrons. The molecule has 0 unspecified atom stereocenters. The van der Waals surface area contributed by atoms with Gasteiger partial charge in [0.1, 0.15) is 6.26 Å². The number of nitrogens with zero attached hydrogens (tertiary/aromatic N) is 1. The van der Waals surface area contributed by atoms with Gasteiger partial charge in [0, 0.05) is 4.88 Å². The van der Waals surface area contributed by atoms with Crippen molar-refractivity contribution in [1.82, 2.24) is 4.98 Å². The van der Waals surface area contributed by atoms with Crippen LogP contribution in [0.3, 0.4) is 0 Å². The molecule has 0 aromatic carbocycles. The van der Waals surface area contributed by atoms with Gasteiger partial charge in [-0.05, 0) is 19.1 Å². The predicted molar refractivity (Wildman–Crippen MR) is 60.6 cm³/mol. The van der Waals surface area contributed by atoms with Crippen LogP contribution in [0.25, 0.3) is 0 Å². The third-order valence-electron chi connectivity index (χ3n) is 2.10. The van der Waals surface area contributed by atoms with Gasteiger partial charge >= 0.3 is 5.97 Å². The van der Waals surface area contributed by atoms with E-state index in [0.717, 1.165) is 11.1 Å². The molecule has 0 spiro atoms. The minimum Gasteiger partial charge on any atom is -0.476 e. The molecule has 0 aliphatic heterocycles. The van der Waals surface area contributed by atoms with E-state index in [1.165, 1.54) is 18.3 Å². The lowest BCUT2D eigenvalue weighted by Gasteiger charge is -1.90. The maximum atomic E-state index is 11.1. The molecular weight excluding hydrogens is 242 g/mol. The Balaban J connectivity index is 2.13. The van der Waals surface area contributed by atoms with Crippen LogP contribution in [0.4, 0.5) is 0 Å². The van der Waals surface area contributed by atoms with E-state index in [9.17, 15) is 9.59 Å². The molecule has 0 aliphatic rings. The van der Waals surface area contributed by atoms with Gasteiger partial charge in [-0.1, -0.05) is 0 Å². The smallest absolute Gasteiger partial charge is 0.357 e. The summed E-state index contributed by atoms with van der Waals surface area (Å²) in [6, 6.07) is 3.55. The van der Waals surface area contributed by atoms with Gasteiger partial charge in [-0.2, -0.15) is 0 Å². The molecule has 0 bridgehead atoms. The summed E-state index contributed by atoms with van der Waals surface area (Å²) in [4.78, 5) is 27.1. The fraction of sp³-hybridized carbons (Fsp3) is 0.182. The van der Waals surface area contributed by atoms with Gasteiger partial charge in [-0.15, -0.1) is 11.3 Å². The highest BCUT2D eigenvalue weighted by Gasteiger charge is 2.12. The lowest BCUT2D eigenvalue weighted by molar-refractivity contribution is 0.0690. The second-order valence-corrected chi connectivity index (χ2v) is 4.60. The number of aromatic nitrogens is 1. The lowest BCUT2D eigenvalue weighted by atomic mass is 10.3. The maximum Gasteiger partial charge on any atom is 0.357 e. The van der Waals surface area contributed by atoms with E-state index in [0.29, 0.717) is 17.2 Å². The number of carbonyl (C=O) groups excluding carboxylic acids is 1. The number of Topliss-reactive ketones (excluding diaryl/α,β-unsaturated/α-hetero) is 1. The minimum absolute atomic E-state index is 0.0138. The van der Waals surface area contributed by atoms with Crippen molar-refractivity contribution < 1.29 is 19.1 Å². The number of rotatable bonds is 4. The fourth-order valence-corrected chi connectivity index (χ4v) is 2.20. The monoisotopic (exact) mass is 251 g/mol. The standard InChI is InChI=1S/C11H9NO4S/c1-6(13)9-3-2-7(17-9)4-10-12-8(5-16-10)11(14)15/h2-3,5H,4H2,1H3,(H,14,15). The van der Waals surface area contributed by atoms with E-state index in [2.05, 4.69) is 4.98 Å². The molecule has 0 atom stereocenters. The van der Waals surface area contributed by atoms with E-state index in [-0.39, 0.29) is 11.5 Å². The van der Waals surface area contributed by atoms with E-state index in [1.54, 1.807) is 6.07 Å². The fourth-order valence-electron chi connectivity index (χ4n) is 1.30. The number of carbonyl (C=O) groups is 2. The van der Waals surface area contributed by atoms with Gasteiger partial charge in [0.2, 0.25) is 0 Å². The summed E-state index contributed by atoms with van der Waals surface area (Å²) in [6.07, 6.45) is 1.50. The van der Waals surface area contributed by atoms with E-state index in [4.69, 9.17) is 9.52 Å². The number of thiophene rings is 1. The lowest BCUT2D eigenvalue weighted by Crippen LogP contribution is -1.96. The van der Waals surface area contributed by atoms with Crippen LogP contribution in [0.2, 0.25) is 0 Å². The van der Waals surface area contributed by atoms with Gasteiger partial charge < -0.3 is 9.52 Å². The van der Waals surface area contributed by atoms with Crippen LogP contribution in [-0.2, 0) is 6.42 Å². The molecule has 2 aromatic heterocycles. The van der Waals surface area contributed by atoms with Crippen LogP contribution in [0, 0.1) is 0 Å².